The van der Waals surface area contributed by atoms with Crippen LogP contribution >= 0.6 is 0 Å². The SMILES string of the molecule is CCCCn1ncc(N=Nc2n(CCC[NH3+])cc[n+]2CCC[NH3+])c1N. The van der Waals surface area contributed by atoms with Crippen LogP contribution in [0, 0.1) is 0 Å². The van der Waals surface area contributed by atoms with Gasteiger partial charge in [0.15, 0.2) is 11.5 Å². The number of rotatable bonds is 11. The number of imidazole rings is 1. The average Bonchev–Trinajstić information content (AvgIpc) is 3.17. The molecule has 0 saturated heterocycles. The zero-order valence-electron chi connectivity index (χ0n) is 15.3. The molecule has 2 rings (SSSR count). The molecular formula is C16H32N9+3. The first-order valence-corrected chi connectivity index (χ1v) is 9.11. The fourth-order valence-electron chi connectivity index (χ4n) is 2.53. The standard InChI is InChI=1S/C16H29N9/c1-2-3-10-25-15(19)14(13-20-25)21-22-16-23(8-4-6-17)11-12-24(16)9-5-7-18/h11-13,19H,2-10,17-18H2,1H3/p+3. The van der Waals surface area contributed by atoms with Crippen molar-refractivity contribution in [1.82, 2.24) is 14.3 Å². The van der Waals surface area contributed by atoms with Gasteiger partial charge in [-0.15, -0.1) is 0 Å². The second-order valence-corrected chi connectivity index (χ2v) is 6.09. The third kappa shape index (κ3) is 5.10. The van der Waals surface area contributed by atoms with Crippen molar-refractivity contribution in [2.75, 3.05) is 18.8 Å². The van der Waals surface area contributed by atoms with Crippen molar-refractivity contribution in [2.24, 2.45) is 10.2 Å². The van der Waals surface area contributed by atoms with Crippen LogP contribution in [0.5, 0.6) is 0 Å². The Bertz CT molecular complexity index is 646. The summed E-state index contributed by atoms with van der Waals surface area (Å²) in [6, 6.07) is 0. The zero-order valence-corrected chi connectivity index (χ0v) is 15.3. The molecule has 0 radical (unpaired) electrons. The minimum Gasteiger partial charge on any atom is -0.382 e. The number of nitrogens with two attached hydrogens (primary N) is 1. The topological polar surface area (TPSA) is 133 Å². The van der Waals surface area contributed by atoms with Gasteiger partial charge in [0.25, 0.3) is 0 Å². The quantitative estimate of drug-likeness (QED) is 0.390. The normalized spacial score (nSPS) is 11.6. The highest BCUT2D eigenvalue weighted by Crippen LogP contribution is 2.23. The van der Waals surface area contributed by atoms with Gasteiger partial charge in [-0.2, -0.15) is 5.10 Å². The minimum atomic E-state index is 0.567. The number of hydrogen-bond donors (Lipinski definition) is 3. The van der Waals surface area contributed by atoms with Crippen LogP contribution in [0.1, 0.15) is 32.6 Å². The van der Waals surface area contributed by atoms with Gasteiger partial charge in [-0.1, -0.05) is 18.5 Å². The third-order valence-corrected chi connectivity index (χ3v) is 4.07. The molecule has 9 heteroatoms. The Balaban J connectivity index is 2.20. The second-order valence-electron chi connectivity index (χ2n) is 6.09. The summed E-state index contributed by atoms with van der Waals surface area (Å²) in [6.45, 7) is 6.49. The second kappa shape index (κ2) is 9.90. The number of azo groups is 1. The number of aromatic nitrogens is 4. The molecule has 2 heterocycles. The maximum atomic E-state index is 6.14. The van der Waals surface area contributed by atoms with Crippen LogP contribution < -0.4 is 21.8 Å². The highest BCUT2D eigenvalue weighted by Gasteiger charge is 2.18. The van der Waals surface area contributed by atoms with Gasteiger partial charge in [-0.05, 0) is 6.42 Å². The fraction of sp³-hybridized carbons (Fsp3) is 0.625. The van der Waals surface area contributed by atoms with Crippen LogP contribution in [0.4, 0.5) is 17.5 Å². The van der Waals surface area contributed by atoms with Gasteiger partial charge in [-0.25, -0.2) is 13.8 Å². The average molecular weight is 350 g/mol. The van der Waals surface area contributed by atoms with Crippen molar-refractivity contribution >= 4 is 17.5 Å². The molecule has 9 nitrogen and oxygen atoms in total. The molecule has 0 aliphatic heterocycles. The van der Waals surface area contributed by atoms with E-state index in [-0.39, 0.29) is 0 Å². The lowest BCUT2D eigenvalue weighted by Crippen LogP contribution is -2.51. The number of nitrogen functional groups attached to an aromatic ring is 1. The lowest BCUT2D eigenvalue weighted by molar-refractivity contribution is -0.686. The van der Waals surface area contributed by atoms with Gasteiger partial charge in [0.05, 0.1) is 44.8 Å². The molecule has 0 unspecified atom stereocenters. The Hall–Kier alpha value is -2.26. The van der Waals surface area contributed by atoms with Gasteiger partial charge < -0.3 is 17.2 Å². The molecule has 0 aliphatic carbocycles. The summed E-state index contributed by atoms with van der Waals surface area (Å²) >= 11 is 0. The monoisotopic (exact) mass is 350 g/mol. The van der Waals surface area contributed by atoms with Gasteiger partial charge in [0.2, 0.25) is 0 Å². The maximum absolute atomic E-state index is 6.14. The highest BCUT2D eigenvalue weighted by molar-refractivity contribution is 5.56. The molecule has 2 aromatic rings. The van der Waals surface area contributed by atoms with Crippen molar-refractivity contribution in [3.05, 3.63) is 18.6 Å². The zero-order chi connectivity index (χ0) is 18.1. The molecule has 0 aliphatic rings. The summed E-state index contributed by atoms with van der Waals surface area (Å²) in [6.07, 6.45) is 9.91. The Labute approximate surface area is 148 Å². The van der Waals surface area contributed by atoms with Crippen molar-refractivity contribution < 1.29 is 16.0 Å². The Morgan fingerprint density at radius 3 is 2.68 bits per heavy atom. The first kappa shape index (κ1) is 19.1. The van der Waals surface area contributed by atoms with E-state index in [1.165, 1.54) is 0 Å². The van der Waals surface area contributed by atoms with Crippen molar-refractivity contribution in [3.63, 3.8) is 0 Å². The third-order valence-electron chi connectivity index (χ3n) is 4.07. The molecule has 0 bridgehead atoms. The van der Waals surface area contributed by atoms with E-state index in [0.29, 0.717) is 11.5 Å². The first-order valence-electron chi connectivity index (χ1n) is 9.11. The van der Waals surface area contributed by atoms with Crippen LogP contribution in [0.25, 0.3) is 0 Å². The number of aryl methyl sites for hydroxylation is 3. The number of unbranched alkanes of at least 4 members (excludes halogenated alkanes) is 1. The smallest absolute Gasteiger partial charge is 0.382 e. The lowest BCUT2D eigenvalue weighted by Gasteiger charge is -2.01. The number of nitrogens with zero attached hydrogens (tertiary/aromatic N) is 6. The summed E-state index contributed by atoms with van der Waals surface area (Å²) in [7, 11) is 0. The number of anilines is 1. The summed E-state index contributed by atoms with van der Waals surface area (Å²) in [5, 5.41) is 13.1. The first-order chi connectivity index (χ1) is 12.2. The summed E-state index contributed by atoms with van der Waals surface area (Å²) < 4.78 is 6.00. The van der Waals surface area contributed by atoms with Crippen LogP contribution in [0.2, 0.25) is 0 Å². The van der Waals surface area contributed by atoms with E-state index in [9.17, 15) is 0 Å². The molecule has 138 valence electrons. The van der Waals surface area contributed by atoms with E-state index in [4.69, 9.17) is 5.73 Å². The molecule has 0 aromatic carbocycles. The summed E-state index contributed by atoms with van der Waals surface area (Å²) in [5.74, 6) is 1.39. The van der Waals surface area contributed by atoms with Gasteiger partial charge in [0.1, 0.15) is 0 Å². The Kier molecular flexibility index (Phi) is 7.55. The Morgan fingerprint density at radius 2 is 1.96 bits per heavy atom. The van der Waals surface area contributed by atoms with E-state index in [1.54, 1.807) is 10.9 Å². The van der Waals surface area contributed by atoms with E-state index >= 15 is 0 Å². The largest absolute Gasteiger partial charge is 0.421 e. The molecule has 0 spiro atoms. The van der Waals surface area contributed by atoms with E-state index < -0.39 is 0 Å². The predicted molar refractivity (Wildman–Crippen MR) is 95.1 cm³/mol. The number of hydrogen-bond acceptors (Lipinski definition) is 4. The van der Waals surface area contributed by atoms with Crippen molar-refractivity contribution in [2.45, 2.75) is 52.2 Å². The summed E-state index contributed by atoms with van der Waals surface area (Å²) in [5.41, 5.74) is 14.6. The van der Waals surface area contributed by atoms with Crippen LogP contribution in [-0.2, 0) is 19.6 Å². The van der Waals surface area contributed by atoms with Gasteiger partial charge in [-0.3, -0.25) is 0 Å². The highest BCUT2D eigenvalue weighted by atomic mass is 15.3. The fourth-order valence-corrected chi connectivity index (χ4v) is 2.53. The van der Waals surface area contributed by atoms with E-state index in [2.05, 4.69) is 42.9 Å². The van der Waals surface area contributed by atoms with E-state index in [0.717, 1.165) is 64.4 Å². The van der Waals surface area contributed by atoms with Crippen LogP contribution in [0.3, 0.4) is 0 Å². The molecular weight excluding hydrogens is 318 g/mol. The molecule has 0 fully saturated rings. The molecule has 0 saturated carbocycles. The minimum absolute atomic E-state index is 0.567. The molecule has 8 N–H and O–H groups in total. The predicted octanol–water partition coefficient (Wildman–Crippen LogP) is 0.0338. The van der Waals surface area contributed by atoms with Gasteiger partial charge in [0, 0.05) is 24.5 Å². The molecule has 2 aromatic heterocycles. The molecule has 25 heavy (non-hydrogen) atoms. The molecule has 0 amide bonds. The molecule has 0 atom stereocenters. The number of quaternary nitrogens is 2. The van der Waals surface area contributed by atoms with Crippen molar-refractivity contribution in [1.29, 1.82) is 0 Å². The van der Waals surface area contributed by atoms with Crippen LogP contribution in [-0.4, -0.2) is 27.4 Å². The van der Waals surface area contributed by atoms with Crippen molar-refractivity contribution in [3.8, 4) is 0 Å². The maximum Gasteiger partial charge on any atom is 0.421 e. The van der Waals surface area contributed by atoms with Crippen LogP contribution in [0.15, 0.2) is 28.8 Å². The lowest BCUT2D eigenvalue weighted by atomic mass is 10.3. The van der Waals surface area contributed by atoms with Gasteiger partial charge >= 0.3 is 5.95 Å². The summed E-state index contributed by atoms with van der Waals surface area (Å²) in [4.78, 5) is 0. The van der Waals surface area contributed by atoms with E-state index in [1.807, 2.05) is 12.4 Å². The Morgan fingerprint density at radius 1 is 1.16 bits per heavy atom.